The Bertz CT molecular complexity index is 1660. The van der Waals surface area contributed by atoms with E-state index in [1.54, 1.807) is 24.6 Å². The van der Waals surface area contributed by atoms with Gasteiger partial charge in [-0.1, -0.05) is 0 Å². The second-order valence-corrected chi connectivity index (χ2v) is 14.8. The Morgan fingerprint density at radius 1 is 1.02 bits per heavy atom. The van der Waals surface area contributed by atoms with Crippen LogP contribution in [0.4, 0.5) is 10.6 Å². The van der Waals surface area contributed by atoms with Crippen LogP contribution in [-0.2, 0) is 9.53 Å². The van der Waals surface area contributed by atoms with E-state index >= 15 is 0 Å². The number of ether oxygens (including phenoxy) is 2. The van der Waals surface area contributed by atoms with E-state index < -0.39 is 6.10 Å². The number of aliphatic hydroxyl groups excluding tert-OH is 1. The van der Waals surface area contributed by atoms with Crippen molar-refractivity contribution in [3.63, 3.8) is 0 Å². The highest BCUT2D eigenvalue weighted by atomic mass is 32.1. The van der Waals surface area contributed by atoms with E-state index in [1.807, 2.05) is 35.4 Å². The van der Waals surface area contributed by atoms with Crippen molar-refractivity contribution in [2.24, 2.45) is 11.8 Å². The fourth-order valence-electron chi connectivity index (χ4n) is 7.26. The van der Waals surface area contributed by atoms with Gasteiger partial charge in [0.25, 0.3) is 0 Å². The fourth-order valence-corrected chi connectivity index (χ4v) is 8.34. The molecule has 48 heavy (non-hydrogen) atoms. The Balaban J connectivity index is 1.04. The summed E-state index contributed by atoms with van der Waals surface area (Å²) in [6.45, 7) is 1.22. The molecule has 1 N–H and O–H groups in total. The summed E-state index contributed by atoms with van der Waals surface area (Å²) in [4.78, 5) is 45.3. The first-order valence-electron chi connectivity index (χ1n) is 17.2. The van der Waals surface area contributed by atoms with Gasteiger partial charge in [0.1, 0.15) is 18.0 Å². The summed E-state index contributed by atoms with van der Waals surface area (Å²) in [5.41, 5.74) is 2.26. The molecule has 0 atom stereocenters. The van der Waals surface area contributed by atoms with E-state index in [0.717, 1.165) is 41.8 Å². The maximum absolute atomic E-state index is 14.3. The Labute approximate surface area is 284 Å². The van der Waals surface area contributed by atoms with Crippen LogP contribution in [0.5, 0.6) is 5.75 Å². The number of amides is 2. The quantitative estimate of drug-likeness (QED) is 0.289. The lowest BCUT2D eigenvalue weighted by molar-refractivity contribution is -0.124. The van der Waals surface area contributed by atoms with E-state index in [4.69, 9.17) is 14.5 Å². The van der Waals surface area contributed by atoms with Gasteiger partial charge in [0.2, 0.25) is 5.91 Å². The Hall–Kier alpha value is -4.08. The SMILES string of the molecule is COc1ccc([C@H]2CC[C@H](CN(c3cc(-c4cnc(C5CC5)s4)ccn3)C(=O)[C@H]3CC[C@H](OC(=O)N4CC(O)C4)CC3)CC2)nc1C#N. The summed E-state index contributed by atoms with van der Waals surface area (Å²) in [5.74, 6) is 2.21. The molecule has 12 heteroatoms. The zero-order chi connectivity index (χ0) is 33.2. The van der Waals surface area contributed by atoms with Gasteiger partial charge in [-0.05, 0) is 100.0 Å². The van der Waals surface area contributed by atoms with Crippen molar-refractivity contribution in [1.29, 1.82) is 5.26 Å². The van der Waals surface area contributed by atoms with Crippen molar-refractivity contribution in [3.8, 4) is 22.3 Å². The zero-order valence-corrected chi connectivity index (χ0v) is 28.1. The molecule has 252 valence electrons. The number of thiazole rings is 1. The molecule has 0 aromatic carbocycles. The Morgan fingerprint density at radius 2 is 1.77 bits per heavy atom. The van der Waals surface area contributed by atoms with Crippen molar-refractivity contribution in [2.75, 3.05) is 31.6 Å². The third-order valence-corrected chi connectivity index (χ3v) is 11.6. The maximum Gasteiger partial charge on any atom is 0.410 e. The van der Waals surface area contributed by atoms with Crippen molar-refractivity contribution in [2.45, 2.75) is 88.3 Å². The molecule has 4 fully saturated rings. The molecule has 0 unspecified atom stereocenters. The molecular formula is C36H42N6O5S. The summed E-state index contributed by atoms with van der Waals surface area (Å²) in [7, 11) is 1.55. The minimum atomic E-state index is -0.467. The lowest BCUT2D eigenvalue weighted by Crippen LogP contribution is -2.54. The molecule has 0 radical (unpaired) electrons. The van der Waals surface area contributed by atoms with Crippen molar-refractivity contribution >= 4 is 29.2 Å². The van der Waals surface area contributed by atoms with E-state index in [0.29, 0.717) is 74.4 Å². The largest absolute Gasteiger partial charge is 0.494 e. The number of nitrogens with zero attached hydrogens (tertiary/aromatic N) is 6. The fraction of sp³-hybridized carbons (Fsp3) is 0.556. The van der Waals surface area contributed by atoms with Gasteiger partial charge in [0, 0.05) is 42.4 Å². The molecule has 2 amide bonds. The van der Waals surface area contributed by atoms with Gasteiger partial charge in [-0.15, -0.1) is 11.3 Å². The lowest BCUT2D eigenvalue weighted by Gasteiger charge is -2.37. The molecule has 3 aromatic heterocycles. The third-order valence-electron chi connectivity index (χ3n) is 10.3. The van der Waals surface area contributed by atoms with Crippen LogP contribution in [0, 0.1) is 23.2 Å². The second-order valence-electron chi connectivity index (χ2n) is 13.7. The van der Waals surface area contributed by atoms with E-state index in [1.165, 1.54) is 22.7 Å². The molecule has 3 saturated carbocycles. The average Bonchev–Trinajstić information content (AvgIpc) is 3.84. The predicted molar refractivity (Wildman–Crippen MR) is 180 cm³/mol. The van der Waals surface area contributed by atoms with Gasteiger partial charge >= 0.3 is 6.09 Å². The minimum absolute atomic E-state index is 0.0795. The number of carbonyl (C=O) groups is 2. The highest BCUT2D eigenvalue weighted by Crippen LogP contribution is 2.44. The number of β-amino-alcohol motifs (C(OH)–C–C–N with tert-alkyl or cyclic N) is 1. The topological polar surface area (TPSA) is 142 Å². The van der Waals surface area contributed by atoms with Crippen LogP contribution < -0.4 is 9.64 Å². The van der Waals surface area contributed by atoms with E-state index in [9.17, 15) is 20.0 Å². The Morgan fingerprint density at radius 3 is 2.46 bits per heavy atom. The normalized spacial score (nSPS) is 24.3. The first-order chi connectivity index (χ1) is 23.4. The summed E-state index contributed by atoms with van der Waals surface area (Å²) in [6.07, 6.45) is 11.4. The van der Waals surface area contributed by atoms with Crippen molar-refractivity contribution in [1.82, 2.24) is 19.9 Å². The van der Waals surface area contributed by atoms with E-state index in [2.05, 4.69) is 16.0 Å². The summed E-state index contributed by atoms with van der Waals surface area (Å²) in [5, 5.41) is 20.2. The number of anilines is 1. The number of aliphatic hydroxyl groups is 1. The summed E-state index contributed by atoms with van der Waals surface area (Å²) >= 11 is 1.73. The van der Waals surface area contributed by atoms with Crippen LogP contribution in [0.2, 0.25) is 0 Å². The Kier molecular flexibility index (Phi) is 9.59. The number of carbonyl (C=O) groups excluding carboxylic acids is 2. The van der Waals surface area contributed by atoms with Crippen LogP contribution in [0.3, 0.4) is 0 Å². The molecule has 0 spiro atoms. The number of methoxy groups -OCH3 is 1. The lowest BCUT2D eigenvalue weighted by atomic mass is 9.79. The number of hydrogen-bond acceptors (Lipinski definition) is 10. The van der Waals surface area contributed by atoms with Crippen LogP contribution >= 0.6 is 11.3 Å². The van der Waals surface area contributed by atoms with Crippen LogP contribution in [0.15, 0.2) is 36.7 Å². The number of nitriles is 1. The van der Waals surface area contributed by atoms with Gasteiger partial charge in [0.15, 0.2) is 11.4 Å². The monoisotopic (exact) mass is 670 g/mol. The first kappa shape index (κ1) is 32.5. The standard InChI is InChI=1S/C36H42N6O5S/c1-46-31-13-12-29(40-30(31)17-37)23-4-2-22(3-5-23)19-42(33-16-26(14-15-38-33)32-18-39-34(48-32)24-6-7-24)35(44)25-8-10-28(11-9-25)47-36(45)41-20-27(43)21-41/h12-16,18,22-25,27-28,43H,2-11,19-21H2,1H3/t22-,23-,25-,28-. The molecule has 1 aliphatic heterocycles. The molecule has 0 bridgehead atoms. The van der Waals surface area contributed by atoms with Gasteiger partial charge in [-0.25, -0.2) is 19.7 Å². The molecular weight excluding hydrogens is 628 g/mol. The van der Waals surface area contributed by atoms with Gasteiger partial charge < -0.3 is 19.5 Å². The summed E-state index contributed by atoms with van der Waals surface area (Å²) < 4.78 is 11.0. The predicted octanol–water partition coefficient (Wildman–Crippen LogP) is 6.04. The second kappa shape index (κ2) is 14.2. The third kappa shape index (κ3) is 7.17. The van der Waals surface area contributed by atoms with Crippen molar-refractivity contribution in [3.05, 3.63) is 53.1 Å². The molecule has 7 rings (SSSR count). The number of likely N-dealkylation sites (tertiary alicyclic amines) is 1. The molecule has 4 heterocycles. The van der Waals surface area contributed by atoms with Gasteiger partial charge in [0.05, 0.1) is 36.2 Å². The maximum atomic E-state index is 14.3. The number of pyridine rings is 2. The number of aromatic nitrogens is 3. The average molecular weight is 671 g/mol. The number of rotatable bonds is 9. The van der Waals surface area contributed by atoms with Crippen molar-refractivity contribution < 1.29 is 24.2 Å². The van der Waals surface area contributed by atoms with E-state index in [-0.39, 0.29) is 29.9 Å². The summed E-state index contributed by atoms with van der Waals surface area (Å²) in [6, 6.07) is 9.97. The zero-order valence-electron chi connectivity index (χ0n) is 27.3. The van der Waals surface area contributed by atoms with Crippen LogP contribution in [0.1, 0.15) is 92.4 Å². The minimum Gasteiger partial charge on any atom is -0.494 e. The first-order valence-corrected chi connectivity index (χ1v) is 18.0. The molecule has 3 aromatic rings. The smallest absolute Gasteiger partial charge is 0.410 e. The van der Waals surface area contributed by atoms with Crippen LogP contribution in [0.25, 0.3) is 10.4 Å². The molecule has 1 saturated heterocycles. The number of hydrogen-bond donors (Lipinski definition) is 1. The highest BCUT2D eigenvalue weighted by molar-refractivity contribution is 7.15. The highest BCUT2D eigenvalue weighted by Gasteiger charge is 2.36. The molecule has 11 nitrogen and oxygen atoms in total. The molecule has 4 aliphatic rings. The molecule has 3 aliphatic carbocycles. The van der Waals surface area contributed by atoms with Gasteiger partial charge in [-0.2, -0.15) is 5.26 Å². The van der Waals surface area contributed by atoms with Crippen LogP contribution in [-0.4, -0.2) is 75.9 Å². The van der Waals surface area contributed by atoms with Gasteiger partial charge in [-0.3, -0.25) is 9.69 Å².